The number of hydrogen-bond acceptors (Lipinski definition) is 17. The van der Waals surface area contributed by atoms with Crippen molar-refractivity contribution in [3.05, 3.63) is 0 Å². The molecule has 0 aromatic rings. The number of aliphatic hydroxyl groups excluding tert-OH is 3. The molecule has 0 aromatic carbocycles. The van der Waals surface area contributed by atoms with Gasteiger partial charge in [0.2, 0.25) is 29.5 Å². The van der Waals surface area contributed by atoms with Crippen molar-refractivity contribution in [3.63, 3.8) is 0 Å². The van der Waals surface area contributed by atoms with Crippen LogP contribution in [0.4, 0.5) is 4.79 Å². The minimum absolute atomic E-state index is 0.00122. The molecule has 0 spiro atoms. The molecule has 23 heteroatoms. The van der Waals surface area contributed by atoms with Crippen LogP contribution in [0.25, 0.3) is 0 Å². The number of nitrogens with two attached hydrogens (primary N) is 4. The van der Waals surface area contributed by atoms with E-state index in [1.807, 2.05) is 0 Å². The normalized spacial score (nSPS) is 27.2. The first-order chi connectivity index (χ1) is 26.6. The van der Waals surface area contributed by atoms with Gasteiger partial charge in [-0.1, -0.05) is 0 Å². The summed E-state index contributed by atoms with van der Waals surface area (Å²) in [6.07, 6.45) is -4.88. The molecule has 0 saturated carbocycles. The Morgan fingerprint density at radius 3 is 2.14 bits per heavy atom. The smallest absolute Gasteiger partial charge is 0.404 e. The number of carbonyl (C=O) groups is 6. The van der Waals surface area contributed by atoms with E-state index in [4.69, 9.17) is 32.4 Å². The van der Waals surface area contributed by atoms with Gasteiger partial charge in [0, 0.05) is 63.9 Å². The van der Waals surface area contributed by atoms with E-state index in [0.717, 1.165) is 6.42 Å². The zero-order valence-corrected chi connectivity index (χ0v) is 31.6. The Hall–Kier alpha value is -4.39. The van der Waals surface area contributed by atoms with E-state index in [-0.39, 0.29) is 62.6 Å². The van der Waals surface area contributed by atoms with Gasteiger partial charge in [-0.15, -0.1) is 0 Å². The first-order valence-electron chi connectivity index (χ1n) is 18.9. The monoisotopic (exact) mass is 800 g/mol. The Morgan fingerprint density at radius 2 is 1.55 bits per heavy atom. The van der Waals surface area contributed by atoms with E-state index in [1.165, 1.54) is 6.92 Å². The van der Waals surface area contributed by atoms with Gasteiger partial charge in [-0.05, 0) is 45.1 Å². The number of fused-ring (bicyclic) bond motifs is 1. The molecule has 3 aliphatic heterocycles. The lowest BCUT2D eigenvalue weighted by molar-refractivity contribution is -0.198. The maximum atomic E-state index is 13.3. The molecule has 318 valence electrons. The third kappa shape index (κ3) is 15.3. The van der Waals surface area contributed by atoms with Gasteiger partial charge in [0.05, 0.1) is 12.1 Å². The van der Waals surface area contributed by atoms with Crippen LogP contribution in [0.5, 0.6) is 0 Å². The van der Waals surface area contributed by atoms with Crippen molar-refractivity contribution in [2.75, 3.05) is 32.8 Å². The Kier molecular flexibility index (Phi) is 18.9. The number of aliphatic hydroxyl groups is 3. The Balaban J connectivity index is 1.49. The number of guanidine groups is 1. The highest BCUT2D eigenvalue weighted by atomic mass is 16.6. The van der Waals surface area contributed by atoms with Crippen molar-refractivity contribution in [1.29, 1.82) is 0 Å². The predicted octanol–water partition coefficient (Wildman–Crippen LogP) is -6.35. The standard InChI is InChI=1S/C33H60N12O11/c1-16(46)41-19(7-4-10-39-23(49)12-18(36)6-3-9-38-22(48)11-17(35)5-2-8-34)13-24(50)42-27-29(52)28(51)21(15-55-32(37)54)56-31(27)45-33-43-25-20(47)14-40-30(53)26(25)44-33/h17-21,25-29,31,47,51-52H,2-15,34-36H2,1H3,(H2,37,54)(H,38,48)(H,39,49)(H,40,53)(H,41,46)(H,42,50)(H2,43,44,45)/t17-,18-,19-,20-,21-,25-,26-,27-,28+,29+,31-/m1/s1. The predicted molar refractivity (Wildman–Crippen MR) is 199 cm³/mol. The van der Waals surface area contributed by atoms with Crippen molar-refractivity contribution in [2.24, 2.45) is 27.9 Å². The van der Waals surface area contributed by atoms with E-state index < -0.39 is 91.3 Å². The van der Waals surface area contributed by atoms with Crippen molar-refractivity contribution < 1.29 is 53.6 Å². The topological polar surface area (TPSA) is 382 Å². The van der Waals surface area contributed by atoms with Crippen molar-refractivity contribution >= 4 is 41.6 Å². The number of amides is 6. The fraction of sp³-hybridized carbons (Fsp3) is 0.788. The van der Waals surface area contributed by atoms with Crippen LogP contribution in [0.2, 0.25) is 0 Å². The Morgan fingerprint density at radius 1 is 0.929 bits per heavy atom. The van der Waals surface area contributed by atoms with Gasteiger partial charge in [-0.3, -0.25) is 24.0 Å². The second-order valence-electron chi connectivity index (χ2n) is 14.3. The van der Waals surface area contributed by atoms with Crippen LogP contribution in [-0.2, 0) is 33.4 Å². The van der Waals surface area contributed by atoms with E-state index in [0.29, 0.717) is 38.8 Å². The minimum atomic E-state index is -1.68. The molecule has 0 unspecified atom stereocenters. The van der Waals surface area contributed by atoms with Crippen LogP contribution >= 0.6 is 0 Å². The molecule has 2 saturated heterocycles. The Labute approximate surface area is 324 Å². The number of piperidine rings is 1. The molecular formula is C33H60N12O11. The second kappa shape index (κ2) is 23.0. The number of hydrogen-bond donors (Lipinski definition) is 14. The van der Waals surface area contributed by atoms with Crippen LogP contribution < -0.4 is 60.2 Å². The van der Waals surface area contributed by atoms with Gasteiger partial charge in [0.15, 0.2) is 18.2 Å². The molecule has 3 heterocycles. The molecule has 18 N–H and O–H groups in total. The second-order valence-corrected chi connectivity index (χ2v) is 14.3. The third-order valence-corrected chi connectivity index (χ3v) is 9.46. The number of primary amides is 1. The van der Waals surface area contributed by atoms with Gasteiger partial charge in [0.25, 0.3) is 0 Å². The third-order valence-electron chi connectivity index (χ3n) is 9.46. The van der Waals surface area contributed by atoms with E-state index in [1.54, 1.807) is 0 Å². The number of ether oxygens (including phenoxy) is 2. The summed E-state index contributed by atoms with van der Waals surface area (Å²) in [5.74, 6) is -1.91. The first kappa shape index (κ1) is 46.0. The highest BCUT2D eigenvalue weighted by Gasteiger charge is 2.48. The molecule has 6 amide bonds. The first-order valence-corrected chi connectivity index (χ1v) is 18.9. The number of rotatable bonds is 22. The largest absolute Gasteiger partial charge is 0.447 e. The van der Waals surface area contributed by atoms with Gasteiger partial charge in [-0.2, -0.15) is 0 Å². The van der Waals surface area contributed by atoms with Crippen molar-refractivity contribution in [2.45, 2.75) is 132 Å². The lowest BCUT2D eigenvalue weighted by atomic mass is 9.95. The van der Waals surface area contributed by atoms with Crippen LogP contribution in [0.1, 0.15) is 64.7 Å². The number of aliphatic imine (C=N–C) groups is 1. The van der Waals surface area contributed by atoms with Gasteiger partial charge >= 0.3 is 6.09 Å². The highest BCUT2D eigenvalue weighted by molar-refractivity contribution is 5.92. The summed E-state index contributed by atoms with van der Waals surface area (Å²) in [5.41, 5.74) is 22.5. The van der Waals surface area contributed by atoms with Crippen LogP contribution in [-0.4, -0.2) is 157 Å². The summed E-state index contributed by atoms with van der Waals surface area (Å²) >= 11 is 0. The van der Waals surface area contributed by atoms with Crippen molar-refractivity contribution in [3.8, 4) is 0 Å². The van der Waals surface area contributed by atoms with Crippen LogP contribution in [0.3, 0.4) is 0 Å². The zero-order chi connectivity index (χ0) is 41.4. The number of carbonyl (C=O) groups excluding carboxylic acids is 6. The lowest BCUT2D eigenvalue weighted by Crippen LogP contribution is -2.69. The summed E-state index contributed by atoms with van der Waals surface area (Å²) in [6.45, 7) is 1.90. The maximum absolute atomic E-state index is 13.3. The average molecular weight is 801 g/mol. The molecule has 2 fully saturated rings. The fourth-order valence-corrected chi connectivity index (χ4v) is 6.58. The molecule has 0 radical (unpaired) electrons. The molecule has 3 rings (SSSR count). The summed E-state index contributed by atoms with van der Waals surface area (Å²) < 4.78 is 10.6. The van der Waals surface area contributed by atoms with Gasteiger partial charge < -0.3 is 84.9 Å². The molecule has 0 aromatic heterocycles. The fourth-order valence-electron chi connectivity index (χ4n) is 6.58. The van der Waals surface area contributed by atoms with Crippen molar-refractivity contribution in [1.82, 2.24) is 37.2 Å². The summed E-state index contributed by atoms with van der Waals surface area (Å²) in [7, 11) is 0. The van der Waals surface area contributed by atoms with E-state index >= 15 is 0 Å². The van der Waals surface area contributed by atoms with Crippen LogP contribution in [0, 0.1) is 0 Å². The maximum Gasteiger partial charge on any atom is 0.404 e. The van der Waals surface area contributed by atoms with E-state index in [2.05, 4.69) is 42.2 Å². The molecule has 3 aliphatic rings. The quantitative estimate of drug-likeness (QED) is 0.0453. The number of nitrogens with zero attached hydrogens (tertiary/aromatic N) is 1. The average Bonchev–Trinajstić information content (AvgIpc) is 3.56. The van der Waals surface area contributed by atoms with E-state index in [9.17, 15) is 44.1 Å². The lowest BCUT2D eigenvalue weighted by Gasteiger charge is -2.43. The number of nitrogens with one attached hydrogen (secondary N) is 7. The molecule has 11 atom stereocenters. The molecule has 0 aliphatic carbocycles. The Bertz CT molecular complexity index is 1380. The summed E-state index contributed by atoms with van der Waals surface area (Å²) in [6, 6.07) is -4.43. The minimum Gasteiger partial charge on any atom is -0.447 e. The SMILES string of the molecule is CC(=O)N[C@H](CCCNC(=O)C[C@H](N)CCCNC(=O)C[C@H](N)CCCN)CC(=O)N[C@@H]1[C@H](O)[C@@H](O)[C@@H](COC(N)=O)O[C@H]1NC1=N[C@H]2C(=O)NC[C@@H](O)[C@H]2N1. The van der Waals surface area contributed by atoms with Crippen LogP contribution in [0.15, 0.2) is 4.99 Å². The molecule has 56 heavy (non-hydrogen) atoms. The highest BCUT2D eigenvalue weighted by Crippen LogP contribution is 2.22. The molecule has 23 nitrogen and oxygen atoms in total. The zero-order valence-electron chi connectivity index (χ0n) is 31.6. The summed E-state index contributed by atoms with van der Waals surface area (Å²) in [4.78, 5) is 77.6. The molecule has 0 bridgehead atoms. The molecular weight excluding hydrogens is 740 g/mol. The summed E-state index contributed by atoms with van der Waals surface area (Å²) in [5, 5.41) is 51.4. The van der Waals surface area contributed by atoms with Gasteiger partial charge in [-0.25, -0.2) is 9.79 Å². The number of β-amino-alcohol motifs (C(OH)–C–C–N with tert-alkyl or cyclic N) is 1. The van der Waals surface area contributed by atoms with Gasteiger partial charge in [0.1, 0.15) is 31.0 Å².